The minimum absolute atomic E-state index is 0.0584. The largest absolute Gasteiger partial charge is 0.398 e. The van der Waals surface area contributed by atoms with Crippen LogP contribution in [0.1, 0.15) is 42.1 Å². The molecular formula is C24H23FN8O. The Labute approximate surface area is 195 Å². The summed E-state index contributed by atoms with van der Waals surface area (Å²) < 4.78 is 16.3. The van der Waals surface area contributed by atoms with E-state index in [9.17, 15) is 9.18 Å². The lowest BCUT2D eigenvalue weighted by Crippen LogP contribution is -2.13. The van der Waals surface area contributed by atoms with Crippen molar-refractivity contribution in [1.82, 2.24) is 25.0 Å². The van der Waals surface area contributed by atoms with Crippen molar-refractivity contribution in [2.75, 3.05) is 11.1 Å². The molecule has 0 saturated heterocycles. The second-order valence-corrected chi connectivity index (χ2v) is 8.25. The number of amides is 1. The number of anilines is 3. The molecule has 0 spiro atoms. The van der Waals surface area contributed by atoms with Gasteiger partial charge >= 0.3 is 0 Å². The Morgan fingerprint density at radius 1 is 1.12 bits per heavy atom. The van der Waals surface area contributed by atoms with E-state index in [1.165, 1.54) is 0 Å². The topological polar surface area (TPSA) is 138 Å². The molecule has 172 valence electrons. The van der Waals surface area contributed by atoms with Gasteiger partial charge in [-0.15, -0.1) is 5.10 Å². The number of benzene rings is 2. The van der Waals surface area contributed by atoms with Gasteiger partial charge in [0.2, 0.25) is 11.9 Å². The van der Waals surface area contributed by atoms with Gasteiger partial charge in [0.15, 0.2) is 5.82 Å². The summed E-state index contributed by atoms with van der Waals surface area (Å²) in [6.45, 7) is 0. The van der Waals surface area contributed by atoms with Crippen molar-refractivity contribution in [1.29, 1.82) is 0 Å². The third kappa shape index (κ3) is 4.17. The van der Waals surface area contributed by atoms with Gasteiger partial charge in [-0.3, -0.25) is 4.79 Å². The minimum atomic E-state index is -0.592. The number of hydrogen-bond donors (Lipinski definition) is 3. The van der Waals surface area contributed by atoms with Gasteiger partial charge in [0.25, 0.3) is 0 Å². The molecule has 1 saturated carbocycles. The number of carbonyl (C=O) groups is 1. The standard InChI is InChI=1S/C24H23FN8O/c25-19-12-28-24(30-22(19)21-13-33(32-31-21)15-5-1-2-6-15)29-14-9-10-17(23(27)34)18(11-14)16-7-3-4-8-20(16)26/h3-4,7-13,15H,1-2,5-6,26H2,(H2,27,34)(H,28,29,30). The lowest BCUT2D eigenvalue weighted by atomic mass is 9.97. The van der Waals surface area contributed by atoms with Gasteiger partial charge < -0.3 is 16.8 Å². The molecule has 0 atom stereocenters. The highest BCUT2D eigenvalue weighted by molar-refractivity contribution is 6.02. The molecule has 0 radical (unpaired) electrons. The second-order valence-electron chi connectivity index (χ2n) is 8.25. The van der Waals surface area contributed by atoms with Gasteiger partial charge in [0.05, 0.1) is 18.4 Å². The molecule has 34 heavy (non-hydrogen) atoms. The van der Waals surface area contributed by atoms with Crippen LogP contribution in [0, 0.1) is 5.82 Å². The summed E-state index contributed by atoms with van der Waals surface area (Å²) in [6.07, 6.45) is 7.20. The first-order valence-electron chi connectivity index (χ1n) is 11.0. The van der Waals surface area contributed by atoms with Gasteiger partial charge in [-0.05, 0) is 42.7 Å². The molecule has 5 rings (SSSR count). The Balaban J connectivity index is 1.47. The van der Waals surface area contributed by atoms with Crippen LogP contribution in [0.2, 0.25) is 0 Å². The van der Waals surface area contributed by atoms with Crippen LogP contribution in [-0.4, -0.2) is 30.9 Å². The number of aromatic nitrogens is 5. The van der Waals surface area contributed by atoms with E-state index in [2.05, 4.69) is 25.6 Å². The molecule has 1 aliphatic carbocycles. The van der Waals surface area contributed by atoms with Crippen LogP contribution in [0.5, 0.6) is 0 Å². The van der Waals surface area contributed by atoms with E-state index in [-0.39, 0.29) is 17.7 Å². The maximum Gasteiger partial charge on any atom is 0.249 e. The minimum Gasteiger partial charge on any atom is -0.398 e. The Kier molecular flexibility index (Phi) is 5.62. The van der Waals surface area contributed by atoms with Crippen molar-refractivity contribution in [3.8, 4) is 22.5 Å². The number of para-hydroxylation sites is 1. The fourth-order valence-electron chi connectivity index (χ4n) is 4.27. The fraction of sp³-hybridized carbons (Fsp3) is 0.208. The molecule has 1 amide bonds. The third-order valence-electron chi connectivity index (χ3n) is 5.99. The number of rotatable bonds is 6. The zero-order valence-corrected chi connectivity index (χ0v) is 18.3. The lowest BCUT2D eigenvalue weighted by Gasteiger charge is -2.13. The molecule has 2 heterocycles. The third-order valence-corrected chi connectivity index (χ3v) is 5.99. The van der Waals surface area contributed by atoms with Gasteiger partial charge in [-0.1, -0.05) is 36.3 Å². The first kappa shape index (κ1) is 21.5. The lowest BCUT2D eigenvalue weighted by molar-refractivity contribution is 0.100. The summed E-state index contributed by atoms with van der Waals surface area (Å²) in [4.78, 5) is 20.4. The van der Waals surface area contributed by atoms with E-state index in [0.717, 1.165) is 31.9 Å². The van der Waals surface area contributed by atoms with Gasteiger partial charge in [0.1, 0.15) is 11.4 Å². The normalized spacial score (nSPS) is 13.8. The molecule has 2 aromatic carbocycles. The van der Waals surface area contributed by atoms with Crippen LogP contribution >= 0.6 is 0 Å². The number of nitrogens with zero attached hydrogens (tertiary/aromatic N) is 5. The van der Waals surface area contributed by atoms with Crippen molar-refractivity contribution in [2.24, 2.45) is 5.73 Å². The smallest absolute Gasteiger partial charge is 0.249 e. The van der Waals surface area contributed by atoms with Crippen molar-refractivity contribution in [3.63, 3.8) is 0 Å². The monoisotopic (exact) mass is 458 g/mol. The molecule has 10 heteroatoms. The number of halogens is 1. The summed E-state index contributed by atoms with van der Waals surface area (Å²) in [6, 6.07) is 12.5. The number of hydrogen-bond acceptors (Lipinski definition) is 7. The summed E-state index contributed by atoms with van der Waals surface area (Å²) in [5.74, 6) is -0.994. The second kappa shape index (κ2) is 8.89. The zero-order valence-electron chi connectivity index (χ0n) is 18.3. The molecule has 2 aromatic heterocycles. The van der Waals surface area contributed by atoms with Crippen LogP contribution in [0.4, 0.5) is 21.7 Å². The molecule has 9 nitrogen and oxygen atoms in total. The van der Waals surface area contributed by atoms with E-state index in [1.54, 1.807) is 41.2 Å². The molecule has 1 aliphatic rings. The first-order valence-corrected chi connectivity index (χ1v) is 11.0. The summed E-state index contributed by atoms with van der Waals surface area (Å²) in [5, 5.41) is 11.4. The van der Waals surface area contributed by atoms with E-state index in [4.69, 9.17) is 11.5 Å². The Bertz CT molecular complexity index is 1360. The highest BCUT2D eigenvalue weighted by Gasteiger charge is 2.21. The maximum absolute atomic E-state index is 14.6. The van der Waals surface area contributed by atoms with Crippen LogP contribution in [0.3, 0.4) is 0 Å². The van der Waals surface area contributed by atoms with Crippen LogP contribution in [0.25, 0.3) is 22.5 Å². The highest BCUT2D eigenvalue weighted by Crippen LogP contribution is 2.33. The number of nitrogens with one attached hydrogen (secondary N) is 1. The van der Waals surface area contributed by atoms with Crippen LogP contribution in [-0.2, 0) is 0 Å². The van der Waals surface area contributed by atoms with Crippen molar-refractivity contribution >= 4 is 23.2 Å². The van der Waals surface area contributed by atoms with E-state index >= 15 is 0 Å². The number of primary amides is 1. The first-order chi connectivity index (χ1) is 16.5. The number of nitrogens with two attached hydrogens (primary N) is 2. The quantitative estimate of drug-likeness (QED) is 0.370. The van der Waals surface area contributed by atoms with Crippen LogP contribution < -0.4 is 16.8 Å². The van der Waals surface area contributed by atoms with Crippen molar-refractivity contribution in [3.05, 3.63) is 66.2 Å². The Hall–Kier alpha value is -4.34. The van der Waals surface area contributed by atoms with E-state index in [0.29, 0.717) is 33.8 Å². The SMILES string of the molecule is NC(=O)c1ccc(Nc2ncc(F)c(-c3cn(C4CCCC4)nn3)n2)cc1-c1ccccc1N. The Morgan fingerprint density at radius 3 is 2.68 bits per heavy atom. The van der Waals surface area contributed by atoms with Gasteiger partial charge in [-0.25, -0.2) is 19.0 Å². The molecule has 4 aromatic rings. The van der Waals surface area contributed by atoms with Gasteiger partial charge in [-0.2, -0.15) is 0 Å². The summed E-state index contributed by atoms with van der Waals surface area (Å²) in [5.41, 5.74) is 14.7. The van der Waals surface area contributed by atoms with E-state index in [1.807, 2.05) is 12.1 Å². The average molecular weight is 459 g/mol. The Morgan fingerprint density at radius 2 is 1.91 bits per heavy atom. The number of nitrogen functional groups attached to an aromatic ring is 1. The van der Waals surface area contributed by atoms with Gasteiger partial charge in [0, 0.05) is 22.5 Å². The molecule has 0 bridgehead atoms. The predicted octanol–water partition coefficient (Wildman–Crippen LogP) is 4.08. The summed E-state index contributed by atoms with van der Waals surface area (Å²) in [7, 11) is 0. The number of carbonyl (C=O) groups excluding carboxylic acids is 1. The van der Waals surface area contributed by atoms with E-state index < -0.39 is 11.7 Å². The molecule has 1 fully saturated rings. The van der Waals surface area contributed by atoms with Crippen LogP contribution in [0.15, 0.2) is 54.9 Å². The zero-order chi connectivity index (χ0) is 23.7. The summed E-state index contributed by atoms with van der Waals surface area (Å²) >= 11 is 0. The molecular weight excluding hydrogens is 435 g/mol. The molecule has 0 aliphatic heterocycles. The average Bonchev–Trinajstić information content (AvgIpc) is 3.53. The fourth-order valence-corrected chi connectivity index (χ4v) is 4.27. The van der Waals surface area contributed by atoms with Crippen molar-refractivity contribution in [2.45, 2.75) is 31.7 Å². The maximum atomic E-state index is 14.6. The molecule has 5 N–H and O–H groups in total. The van der Waals surface area contributed by atoms with Crippen molar-refractivity contribution < 1.29 is 9.18 Å². The highest BCUT2D eigenvalue weighted by atomic mass is 19.1. The predicted molar refractivity (Wildman–Crippen MR) is 127 cm³/mol. The molecule has 0 unspecified atom stereocenters.